The van der Waals surface area contributed by atoms with Gasteiger partial charge in [-0.2, -0.15) is 0 Å². The smallest absolute Gasteiger partial charge is 0.467 e. The van der Waals surface area contributed by atoms with Crippen molar-refractivity contribution in [1.82, 2.24) is 5.32 Å². The number of halogens is 3. The van der Waals surface area contributed by atoms with Crippen LogP contribution in [-0.4, -0.2) is 18.8 Å². The van der Waals surface area contributed by atoms with Crippen LogP contribution in [0.15, 0.2) is 47.1 Å². The first-order valence-electron chi connectivity index (χ1n) is 6.31. The molecule has 0 aliphatic carbocycles. The van der Waals surface area contributed by atoms with Gasteiger partial charge in [0.05, 0.1) is 19.4 Å². The molecule has 2 rings (SSSR count). The molecular weight excluding hydrogens is 301 g/mol. The zero-order chi connectivity index (χ0) is 16.0. The average Bonchev–Trinajstić information content (AvgIpc) is 2.95. The van der Waals surface area contributed by atoms with E-state index in [0.29, 0.717) is 11.4 Å². The van der Waals surface area contributed by atoms with Crippen LogP contribution in [0.4, 0.5) is 18.9 Å². The Morgan fingerprint density at radius 3 is 2.73 bits per heavy atom. The van der Waals surface area contributed by atoms with Crippen molar-refractivity contribution in [2.24, 2.45) is 0 Å². The normalized spacial score (nSPS) is 11.0. The van der Waals surface area contributed by atoms with Crippen LogP contribution in [0.5, 0.6) is 5.75 Å². The fourth-order valence-electron chi connectivity index (χ4n) is 1.65. The van der Waals surface area contributed by atoms with Crippen LogP contribution in [0.2, 0.25) is 0 Å². The Labute approximate surface area is 124 Å². The summed E-state index contributed by atoms with van der Waals surface area (Å²) >= 11 is 0. The van der Waals surface area contributed by atoms with E-state index in [1.165, 1.54) is 24.5 Å². The van der Waals surface area contributed by atoms with Crippen molar-refractivity contribution < 1.29 is 27.1 Å². The maximum atomic E-state index is 12.1. The van der Waals surface area contributed by atoms with Crippen LogP contribution in [0.3, 0.4) is 0 Å². The summed E-state index contributed by atoms with van der Waals surface area (Å²) in [5, 5.41) is 5.31. The van der Waals surface area contributed by atoms with E-state index >= 15 is 0 Å². The highest BCUT2D eigenvalue weighted by Crippen LogP contribution is 2.24. The van der Waals surface area contributed by atoms with Crippen molar-refractivity contribution in [2.45, 2.75) is 12.9 Å². The van der Waals surface area contributed by atoms with Gasteiger partial charge in [-0.15, -0.1) is 13.2 Å². The molecule has 1 amide bonds. The summed E-state index contributed by atoms with van der Waals surface area (Å²) in [7, 11) is 0. The van der Waals surface area contributed by atoms with Gasteiger partial charge in [0.25, 0.3) is 0 Å². The van der Waals surface area contributed by atoms with Gasteiger partial charge in [-0.3, -0.25) is 4.79 Å². The van der Waals surface area contributed by atoms with Crippen molar-refractivity contribution in [3.8, 4) is 5.75 Å². The molecular formula is C14H13F3N2O3. The first-order valence-corrected chi connectivity index (χ1v) is 6.31. The number of amides is 1. The third-order valence-corrected chi connectivity index (χ3v) is 2.56. The molecule has 0 spiro atoms. The second-order valence-electron chi connectivity index (χ2n) is 4.29. The minimum atomic E-state index is -4.75. The summed E-state index contributed by atoms with van der Waals surface area (Å²) in [4.78, 5) is 11.6. The van der Waals surface area contributed by atoms with Crippen molar-refractivity contribution >= 4 is 11.6 Å². The van der Waals surface area contributed by atoms with Crippen LogP contribution < -0.4 is 15.4 Å². The van der Waals surface area contributed by atoms with Gasteiger partial charge in [0.15, 0.2) is 0 Å². The topological polar surface area (TPSA) is 63.5 Å². The SMILES string of the molecule is O=C(CNc1cccc(OC(F)(F)F)c1)NCc1ccco1. The number of hydrogen-bond acceptors (Lipinski definition) is 4. The zero-order valence-electron chi connectivity index (χ0n) is 11.3. The number of carbonyl (C=O) groups excluding carboxylic acids is 1. The van der Waals surface area contributed by atoms with Gasteiger partial charge in [-0.05, 0) is 24.3 Å². The molecule has 118 valence electrons. The van der Waals surface area contributed by atoms with Gasteiger partial charge in [-0.25, -0.2) is 0 Å². The number of benzene rings is 1. The summed E-state index contributed by atoms with van der Waals surface area (Å²) in [6, 6.07) is 8.67. The third-order valence-electron chi connectivity index (χ3n) is 2.56. The molecule has 5 nitrogen and oxygen atoms in total. The molecule has 0 bridgehead atoms. The molecule has 0 radical (unpaired) electrons. The quantitative estimate of drug-likeness (QED) is 0.860. The molecule has 0 atom stereocenters. The lowest BCUT2D eigenvalue weighted by Gasteiger charge is -2.11. The Hall–Kier alpha value is -2.64. The number of furan rings is 1. The molecule has 0 fully saturated rings. The molecule has 0 unspecified atom stereocenters. The number of carbonyl (C=O) groups is 1. The van der Waals surface area contributed by atoms with Crippen molar-refractivity contribution in [3.05, 3.63) is 48.4 Å². The minimum absolute atomic E-state index is 0.0871. The summed E-state index contributed by atoms with van der Waals surface area (Å²) in [5.74, 6) is -0.0686. The van der Waals surface area contributed by atoms with E-state index in [0.717, 1.165) is 6.07 Å². The summed E-state index contributed by atoms with van der Waals surface area (Å²) in [6.07, 6.45) is -3.26. The molecule has 0 saturated heterocycles. The first kappa shape index (κ1) is 15.7. The summed E-state index contributed by atoms with van der Waals surface area (Å²) < 4.78 is 45.2. The number of rotatable bonds is 6. The van der Waals surface area contributed by atoms with Gasteiger partial charge in [0.2, 0.25) is 5.91 Å². The maximum absolute atomic E-state index is 12.1. The van der Waals surface area contributed by atoms with E-state index < -0.39 is 6.36 Å². The fraction of sp³-hybridized carbons (Fsp3) is 0.214. The maximum Gasteiger partial charge on any atom is 0.573 e. The second kappa shape index (κ2) is 6.88. The van der Waals surface area contributed by atoms with E-state index in [1.807, 2.05) is 0 Å². The lowest BCUT2D eigenvalue weighted by Crippen LogP contribution is -2.29. The lowest BCUT2D eigenvalue weighted by molar-refractivity contribution is -0.274. The van der Waals surface area contributed by atoms with E-state index in [4.69, 9.17) is 4.42 Å². The van der Waals surface area contributed by atoms with E-state index in [1.54, 1.807) is 12.1 Å². The van der Waals surface area contributed by atoms with Crippen molar-refractivity contribution in [2.75, 3.05) is 11.9 Å². The minimum Gasteiger partial charge on any atom is -0.467 e. The highest BCUT2D eigenvalue weighted by Gasteiger charge is 2.31. The van der Waals surface area contributed by atoms with Crippen LogP contribution in [0.25, 0.3) is 0 Å². The molecule has 2 N–H and O–H groups in total. The standard InChI is InChI=1S/C14H13F3N2O3/c15-14(16,17)22-11-4-1-3-10(7-11)18-9-13(20)19-8-12-5-2-6-21-12/h1-7,18H,8-9H2,(H,19,20). The van der Waals surface area contributed by atoms with E-state index in [9.17, 15) is 18.0 Å². The molecule has 1 aromatic heterocycles. The van der Waals surface area contributed by atoms with Crippen LogP contribution >= 0.6 is 0 Å². The number of hydrogen-bond donors (Lipinski definition) is 2. The predicted octanol–water partition coefficient (Wildman–Crippen LogP) is 2.91. The molecule has 1 aromatic carbocycles. The van der Waals surface area contributed by atoms with Crippen molar-refractivity contribution in [3.63, 3.8) is 0 Å². The lowest BCUT2D eigenvalue weighted by atomic mass is 10.3. The first-order chi connectivity index (χ1) is 10.4. The fourth-order valence-corrected chi connectivity index (χ4v) is 1.65. The number of anilines is 1. The molecule has 0 saturated carbocycles. The number of ether oxygens (including phenoxy) is 1. The second-order valence-corrected chi connectivity index (χ2v) is 4.29. The predicted molar refractivity (Wildman–Crippen MR) is 72.2 cm³/mol. The Morgan fingerprint density at radius 1 is 1.23 bits per heavy atom. The largest absolute Gasteiger partial charge is 0.573 e. The van der Waals surface area contributed by atoms with Gasteiger partial charge in [-0.1, -0.05) is 6.07 Å². The zero-order valence-corrected chi connectivity index (χ0v) is 11.3. The van der Waals surface area contributed by atoms with E-state index in [2.05, 4.69) is 15.4 Å². The summed E-state index contributed by atoms with van der Waals surface area (Å²) in [5.41, 5.74) is 0.342. The van der Waals surface area contributed by atoms with Crippen LogP contribution in [0.1, 0.15) is 5.76 Å². The highest BCUT2D eigenvalue weighted by molar-refractivity contribution is 5.80. The highest BCUT2D eigenvalue weighted by atomic mass is 19.4. The van der Waals surface area contributed by atoms with E-state index in [-0.39, 0.29) is 24.7 Å². The van der Waals surface area contributed by atoms with Gasteiger partial charge in [0, 0.05) is 11.8 Å². The molecule has 22 heavy (non-hydrogen) atoms. The molecule has 0 aliphatic rings. The van der Waals surface area contributed by atoms with Crippen LogP contribution in [0, 0.1) is 0 Å². The number of nitrogens with one attached hydrogen (secondary N) is 2. The Balaban J connectivity index is 1.80. The molecule has 8 heteroatoms. The molecule has 1 heterocycles. The monoisotopic (exact) mass is 314 g/mol. The Kier molecular flexibility index (Phi) is 4.92. The molecule has 2 aromatic rings. The van der Waals surface area contributed by atoms with Crippen molar-refractivity contribution in [1.29, 1.82) is 0 Å². The number of alkyl halides is 3. The average molecular weight is 314 g/mol. The molecule has 0 aliphatic heterocycles. The Bertz CT molecular complexity index is 612. The third kappa shape index (κ3) is 5.39. The summed E-state index contributed by atoms with van der Waals surface area (Å²) in [6.45, 7) is 0.154. The van der Waals surface area contributed by atoms with Gasteiger partial charge in [0.1, 0.15) is 11.5 Å². The van der Waals surface area contributed by atoms with Gasteiger partial charge >= 0.3 is 6.36 Å². The Morgan fingerprint density at radius 2 is 2.05 bits per heavy atom. The van der Waals surface area contributed by atoms with Crippen LogP contribution in [-0.2, 0) is 11.3 Å². The van der Waals surface area contributed by atoms with Gasteiger partial charge < -0.3 is 19.8 Å².